The SMILES string of the molecule is CC(C)(CC(=C1CC=CN1N)c1ccccc1)C1C=CC=C1. The number of rotatable bonds is 4. The van der Waals surface area contributed by atoms with E-state index in [2.05, 4.69) is 74.6 Å². The van der Waals surface area contributed by atoms with Gasteiger partial charge < -0.3 is 0 Å². The Hall–Kier alpha value is -2.06. The van der Waals surface area contributed by atoms with Crippen LogP contribution in [0.2, 0.25) is 0 Å². The number of nitrogens with zero attached hydrogens (tertiary/aromatic N) is 1. The van der Waals surface area contributed by atoms with E-state index in [0.717, 1.165) is 12.8 Å². The third-order valence-electron chi connectivity index (χ3n) is 4.64. The molecule has 2 N–H and O–H groups in total. The molecule has 2 aliphatic rings. The molecule has 0 bridgehead atoms. The molecule has 1 aliphatic carbocycles. The molecule has 0 saturated carbocycles. The van der Waals surface area contributed by atoms with Gasteiger partial charge in [-0.15, -0.1) is 0 Å². The van der Waals surface area contributed by atoms with Crippen LogP contribution in [0.5, 0.6) is 0 Å². The highest BCUT2D eigenvalue weighted by Gasteiger charge is 2.30. The Labute approximate surface area is 133 Å². The van der Waals surface area contributed by atoms with Gasteiger partial charge in [-0.05, 0) is 23.0 Å². The summed E-state index contributed by atoms with van der Waals surface area (Å²) in [5, 5.41) is 1.78. The van der Waals surface area contributed by atoms with Crippen molar-refractivity contribution in [3.8, 4) is 0 Å². The van der Waals surface area contributed by atoms with Gasteiger partial charge in [-0.25, -0.2) is 5.84 Å². The summed E-state index contributed by atoms with van der Waals surface area (Å²) in [6.07, 6.45) is 14.9. The molecule has 1 aromatic carbocycles. The third kappa shape index (κ3) is 2.93. The second-order valence-corrected chi connectivity index (χ2v) is 6.75. The summed E-state index contributed by atoms with van der Waals surface area (Å²) in [5.41, 5.74) is 4.00. The Bertz CT molecular complexity index is 636. The van der Waals surface area contributed by atoms with Gasteiger partial charge in [0, 0.05) is 24.2 Å². The molecule has 0 amide bonds. The number of nitrogens with two attached hydrogens (primary N) is 1. The minimum atomic E-state index is 0.158. The smallest absolute Gasteiger partial charge is 0.0418 e. The second-order valence-electron chi connectivity index (χ2n) is 6.75. The van der Waals surface area contributed by atoms with Crippen LogP contribution in [-0.4, -0.2) is 5.01 Å². The normalized spacial score (nSPS) is 20.2. The molecule has 0 aromatic heterocycles. The van der Waals surface area contributed by atoms with Gasteiger partial charge >= 0.3 is 0 Å². The van der Waals surface area contributed by atoms with Crippen LogP contribution in [0.1, 0.15) is 32.3 Å². The van der Waals surface area contributed by atoms with Crippen molar-refractivity contribution >= 4 is 5.57 Å². The Morgan fingerprint density at radius 1 is 1.18 bits per heavy atom. The molecule has 114 valence electrons. The number of hydrogen-bond donors (Lipinski definition) is 1. The molecular formula is C20H24N2. The minimum absolute atomic E-state index is 0.158. The van der Waals surface area contributed by atoms with Crippen LogP contribution >= 0.6 is 0 Å². The Morgan fingerprint density at radius 2 is 1.86 bits per heavy atom. The third-order valence-corrected chi connectivity index (χ3v) is 4.64. The van der Waals surface area contributed by atoms with Crippen LogP contribution in [0.25, 0.3) is 5.57 Å². The molecule has 0 spiro atoms. The van der Waals surface area contributed by atoms with Crippen molar-refractivity contribution < 1.29 is 0 Å². The molecular weight excluding hydrogens is 268 g/mol. The first kappa shape index (κ1) is 14.9. The van der Waals surface area contributed by atoms with Gasteiger partial charge in [-0.1, -0.05) is 74.6 Å². The summed E-state index contributed by atoms with van der Waals surface area (Å²) < 4.78 is 0. The highest BCUT2D eigenvalue weighted by atomic mass is 15.4. The van der Waals surface area contributed by atoms with Crippen molar-refractivity contribution in [1.29, 1.82) is 0 Å². The Kier molecular flexibility index (Phi) is 4.04. The van der Waals surface area contributed by atoms with E-state index in [9.17, 15) is 0 Å². The molecule has 22 heavy (non-hydrogen) atoms. The topological polar surface area (TPSA) is 29.3 Å². The van der Waals surface area contributed by atoms with E-state index in [4.69, 9.17) is 5.84 Å². The zero-order chi connectivity index (χ0) is 15.6. The highest BCUT2D eigenvalue weighted by molar-refractivity contribution is 5.70. The number of hydrazine groups is 1. The molecule has 1 heterocycles. The average Bonchev–Trinajstić information content (AvgIpc) is 3.17. The molecule has 0 fully saturated rings. The standard InChI is InChI=1S/C20H24N2/c1-20(2,17-11-6-7-12-17)15-18(16-9-4-3-5-10-16)19-13-8-14-22(19)21/h3-12,14,17H,13,15,21H2,1-2H3. The van der Waals surface area contributed by atoms with Crippen molar-refractivity contribution in [1.82, 2.24) is 5.01 Å². The summed E-state index contributed by atoms with van der Waals surface area (Å²) in [6, 6.07) is 10.6. The first-order valence-corrected chi connectivity index (χ1v) is 7.91. The molecule has 2 nitrogen and oxygen atoms in total. The fourth-order valence-corrected chi connectivity index (χ4v) is 3.29. The predicted octanol–water partition coefficient (Wildman–Crippen LogP) is 4.65. The van der Waals surface area contributed by atoms with E-state index in [1.165, 1.54) is 16.8 Å². The van der Waals surface area contributed by atoms with E-state index in [1.807, 2.05) is 6.20 Å². The lowest BCUT2D eigenvalue weighted by molar-refractivity contribution is 0.312. The summed E-state index contributed by atoms with van der Waals surface area (Å²) in [4.78, 5) is 0. The van der Waals surface area contributed by atoms with Gasteiger partial charge in [0.1, 0.15) is 0 Å². The first-order valence-electron chi connectivity index (χ1n) is 7.91. The van der Waals surface area contributed by atoms with Crippen LogP contribution in [0.3, 0.4) is 0 Å². The van der Waals surface area contributed by atoms with Crippen molar-refractivity contribution in [3.63, 3.8) is 0 Å². The molecule has 0 unspecified atom stereocenters. The molecule has 0 radical (unpaired) electrons. The molecule has 1 aromatic rings. The van der Waals surface area contributed by atoms with E-state index in [-0.39, 0.29) is 5.41 Å². The van der Waals surface area contributed by atoms with Crippen LogP contribution in [0.4, 0.5) is 0 Å². The van der Waals surface area contributed by atoms with Crippen LogP contribution in [-0.2, 0) is 0 Å². The largest absolute Gasteiger partial charge is 0.291 e. The zero-order valence-corrected chi connectivity index (χ0v) is 13.4. The van der Waals surface area contributed by atoms with E-state index in [0.29, 0.717) is 5.92 Å². The molecule has 0 saturated heterocycles. The monoisotopic (exact) mass is 292 g/mol. The average molecular weight is 292 g/mol. The van der Waals surface area contributed by atoms with Crippen molar-refractivity contribution in [2.45, 2.75) is 26.7 Å². The van der Waals surface area contributed by atoms with Crippen LogP contribution in [0.15, 0.2) is 72.6 Å². The maximum Gasteiger partial charge on any atom is 0.0418 e. The fourth-order valence-electron chi connectivity index (χ4n) is 3.29. The predicted molar refractivity (Wildman–Crippen MR) is 93.3 cm³/mol. The van der Waals surface area contributed by atoms with E-state index < -0.39 is 0 Å². The number of allylic oxidation sites excluding steroid dienone is 6. The van der Waals surface area contributed by atoms with Gasteiger partial charge in [-0.2, -0.15) is 0 Å². The molecule has 1 aliphatic heterocycles. The van der Waals surface area contributed by atoms with Crippen molar-refractivity contribution in [2.24, 2.45) is 17.2 Å². The first-order chi connectivity index (χ1) is 10.6. The lowest BCUT2D eigenvalue weighted by Crippen LogP contribution is -2.25. The van der Waals surface area contributed by atoms with Crippen LogP contribution < -0.4 is 5.84 Å². The number of hydrogen-bond acceptors (Lipinski definition) is 2. The van der Waals surface area contributed by atoms with Gasteiger partial charge in [-0.3, -0.25) is 5.01 Å². The molecule has 0 atom stereocenters. The van der Waals surface area contributed by atoms with Gasteiger partial charge in [0.25, 0.3) is 0 Å². The lowest BCUT2D eigenvalue weighted by Gasteiger charge is -2.32. The Morgan fingerprint density at radius 3 is 2.45 bits per heavy atom. The Balaban J connectivity index is 1.97. The van der Waals surface area contributed by atoms with Gasteiger partial charge in [0.2, 0.25) is 0 Å². The van der Waals surface area contributed by atoms with Crippen molar-refractivity contribution in [3.05, 3.63) is 78.2 Å². The molecule has 3 rings (SSSR count). The summed E-state index contributed by atoms with van der Waals surface area (Å²) >= 11 is 0. The quantitative estimate of drug-likeness (QED) is 0.818. The summed E-state index contributed by atoms with van der Waals surface area (Å²) in [6.45, 7) is 4.68. The van der Waals surface area contributed by atoms with Gasteiger partial charge in [0.15, 0.2) is 0 Å². The van der Waals surface area contributed by atoms with E-state index in [1.54, 1.807) is 5.01 Å². The number of benzene rings is 1. The van der Waals surface area contributed by atoms with Gasteiger partial charge in [0.05, 0.1) is 0 Å². The lowest BCUT2D eigenvalue weighted by atomic mass is 9.73. The minimum Gasteiger partial charge on any atom is -0.291 e. The maximum atomic E-state index is 6.15. The summed E-state index contributed by atoms with van der Waals surface area (Å²) in [5.74, 6) is 6.63. The second kappa shape index (κ2) is 5.98. The summed E-state index contributed by atoms with van der Waals surface area (Å²) in [7, 11) is 0. The van der Waals surface area contributed by atoms with Crippen molar-refractivity contribution in [2.75, 3.05) is 0 Å². The van der Waals surface area contributed by atoms with Crippen LogP contribution in [0, 0.1) is 11.3 Å². The van der Waals surface area contributed by atoms with E-state index >= 15 is 0 Å². The zero-order valence-electron chi connectivity index (χ0n) is 13.4. The molecule has 2 heteroatoms. The maximum absolute atomic E-state index is 6.15. The fraction of sp³-hybridized carbons (Fsp3) is 0.300. The highest BCUT2D eigenvalue weighted by Crippen LogP contribution is 2.42.